The molecule has 0 spiro atoms. The first-order valence-electron chi connectivity index (χ1n) is 11.6. The van der Waals surface area contributed by atoms with E-state index >= 15 is 0 Å². The second-order valence-electron chi connectivity index (χ2n) is 9.60. The number of hydrogen-bond acceptors (Lipinski definition) is 8. The zero-order chi connectivity index (χ0) is 26.8. The molecular weight excluding hydrogens is 514 g/mol. The molecule has 3 aromatic rings. The highest BCUT2D eigenvalue weighted by Gasteiger charge is 2.31. The lowest BCUT2D eigenvalue weighted by molar-refractivity contribution is 0.200. The molecule has 1 aliphatic heterocycles. The second-order valence-corrected chi connectivity index (χ2v) is 11.8. The first-order valence-corrected chi connectivity index (χ1v) is 13.9. The van der Waals surface area contributed by atoms with Crippen LogP contribution >= 0.6 is 11.6 Å². The van der Waals surface area contributed by atoms with Crippen molar-refractivity contribution in [3.05, 3.63) is 76.1 Å². The number of sulfonamides is 1. The largest absolute Gasteiger partial charge is 0.487 e. The van der Waals surface area contributed by atoms with Gasteiger partial charge in [-0.15, -0.1) is 0 Å². The van der Waals surface area contributed by atoms with E-state index in [1.54, 1.807) is 6.07 Å². The molecule has 4 rings (SSSR count). The average Bonchev–Trinajstić information content (AvgIpc) is 2.82. The van der Waals surface area contributed by atoms with Gasteiger partial charge in [-0.05, 0) is 41.5 Å². The summed E-state index contributed by atoms with van der Waals surface area (Å²) in [6.07, 6.45) is 2.50. The minimum absolute atomic E-state index is 0.00978. The molecule has 1 aromatic heterocycles. The van der Waals surface area contributed by atoms with E-state index in [4.69, 9.17) is 16.3 Å². The lowest BCUT2D eigenvalue weighted by Gasteiger charge is -2.41. The Labute approximate surface area is 221 Å². The molecule has 0 unspecified atom stereocenters. The molecule has 1 aliphatic rings. The van der Waals surface area contributed by atoms with Crippen molar-refractivity contribution in [2.75, 3.05) is 35.6 Å². The van der Waals surface area contributed by atoms with Crippen molar-refractivity contribution in [3.63, 3.8) is 0 Å². The molecule has 0 amide bonds. The van der Waals surface area contributed by atoms with Crippen LogP contribution in [0.5, 0.6) is 5.75 Å². The number of halogens is 1. The van der Waals surface area contributed by atoms with E-state index in [0.29, 0.717) is 35.1 Å². The van der Waals surface area contributed by atoms with E-state index in [2.05, 4.69) is 34.6 Å². The molecule has 0 radical (unpaired) electrons. The van der Waals surface area contributed by atoms with Crippen LogP contribution in [0.15, 0.2) is 48.7 Å². The van der Waals surface area contributed by atoms with Crippen LogP contribution < -0.4 is 14.4 Å². The highest BCUT2D eigenvalue weighted by Crippen LogP contribution is 2.40. The zero-order valence-electron chi connectivity index (χ0n) is 20.8. The lowest BCUT2D eigenvalue weighted by atomic mass is 9.77. The van der Waals surface area contributed by atoms with Crippen LogP contribution in [0.3, 0.4) is 0 Å². The molecule has 0 bridgehead atoms. The molecule has 1 saturated heterocycles. The van der Waals surface area contributed by atoms with Crippen LogP contribution in [-0.2, 0) is 22.0 Å². The maximum Gasteiger partial charge on any atom is 0.236 e. The van der Waals surface area contributed by atoms with Gasteiger partial charge in [-0.3, -0.25) is 4.72 Å². The molecule has 1 fully saturated rings. The van der Waals surface area contributed by atoms with Gasteiger partial charge in [0.25, 0.3) is 0 Å². The van der Waals surface area contributed by atoms with Crippen LogP contribution in [-0.4, -0.2) is 49.4 Å². The van der Waals surface area contributed by atoms with E-state index in [-0.39, 0.29) is 25.1 Å². The van der Waals surface area contributed by atoms with E-state index in [0.717, 1.165) is 23.1 Å². The lowest BCUT2D eigenvalue weighted by Crippen LogP contribution is -2.48. The predicted molar refractivity (Wildman–Crippen MR) is 142 cm³/mol. The molecule has 2 N–H and O–H groups in total. The summed E-state index contributed by atoms with van der Waals surface area (Å²) in [6.45, 7) is 5.76. The third kappa shape index (κ3) is 6.13. The summed E-state index contributed by atoms with van der Waals surface area (Å²) in [5.74, 6) is 0.822. The normalized spacial score (nSPS) is 14.1. The quantitative estimate of drug-likeness (QED) is 0.419. The predicted octanol–water partition coefficient (Wildman–Crippen LogP) is 3.71. The maximum absolute atomic E-state index is 11.4. The van der Waals surface area contributed by atoms with Gasteiger partial charge >= 0.3 is 0 Å². The summed E-state index contributed by atoms with van der Waals surface area (Å²) < 4.78 is 30.9. The first kappa shape index (κ1) is 26.7. The molecule has 37 heavy (non-hydrogen) atoms. The van der Waals surface area contributed by atoms with Crippen molar-refractivity contribution in [1.29, 1.82) is 5.26 Å². The Balaban J connectivity index is 1.48. The van der Waals surface area contributed by atoms with Crippen LogP contribution in [0.2, 0.25) is 5.02 Å². The van der Waals surface area contributed by atoms with Gasteiger partial charge in [-0.2, -0.15) is 5.26 Å². The summed E-state index contributed by atoms with van der Waals surface area (Å²) in [6, 6.07) is 15.3. The summed E-state index contributed by atoms with van der Waals surface area (Å²) in [4.78, 5) is 10.1. The van der Waals surface area contributed by atoms with Gasteiger partial charge < -0.3 is 14.7 Å². The fraction of sp³-hybridized carbons (Fsp3) is 0.346. The molecule has 0 atom stereocenters. The highest BCUT2D eigenvalue weighted by atomic mass is 35.5. The number of nitrogens with zero attached hydrogens (tertiary/aromatic N) is 4. The van der Waals surface area contributed by atoms with Crippen molar-refractivity contribution in [2.45, 2.75) is 25.9 Å². The number of rotatable bonds is 9. The van der Waals surface area contributed by atoms with Crippen molar-refractivity contribution in [2.24, 2.45) is 5.92 Å². The molecule has 9 nitrogen and oxygen atoms in total. The summed E-state index contributed by atoms with van der Waals surface area (Å²) in [5, 5.41) is 19.7. The molecule has 11 heteroatoms. The average molecular weight is 542 g/mol. The summed E-state index contributed by atoms with van der Waals surface area (Å²) in [5.41, 5.74) is 3.25. The number of ether oxygens (including phenoxy) is 1. The number of aliphatic hydroxyl groups excluding tert-OH is 1. The zero-order valence-corrected chi connectivity index (χ0v) is 22.3. The molecule has 0 saturated carbocycles. The topological polar surface area (TPSA) is 128 Å². The van der Waals surface area contributed by atoms with Gasteiger partial charge in [-0.1, -0.05) is 37.6 Å². The second kappa shape index (κ2) is 10.5. The Hall–Kier alpha value is -3.39. The first-order chi connectivity index (χ1) is 17.5. The smallest absolute Gasteiger partial charge is 0.236 e. The Bertz CT molecular complexity index is 1430. The maximum atomic E-state index is 11.4. The van der Waals surface area contributed by atoms with Gasteiger partial charge in [-0.25, -0.2) is 18.4 Å². The van der Waals surface area contributed by atoms with E-state index in [9.17, 15) is 18.8 Å². The van der Waals surface area contributed by atoms with Crippen molar-refractivity contribution < 1.29 is 18.3 Å². The molecule has 2 aromatic carbocycles. The van der Waals surface area contributed by atoms with Crippen LogP contribution in [0, 0.1) is 17.2 Å². The third-order valence-electron chi connectivity index (χ3n) is 6.39. The fourth-order valence-electron chi connectivity index (χ4n) is 4.22. The number of aromatic nitrogens is 2. The van der Waals surface area contributed by atoms with Gasteiger partial charge in [0.2, 0.25) is 16.0 Å². The molecular formula is C26H28ClN5O4S. The van der Waals surface area contributed by atoms with Crippen molar-refractivity contribution in [1.82, 2.24) is 9.97 Å². The minimum atomic E-state index is -3.47. The van der Waals surface area contributed by atoms with Crippen LogP contribution in [0.1, 0.15) is 36.2 Å². The summed E-state index contributed by atoms with van der Waals surface area (Å²) in [7, 11) is -3.47. The standard InChI is InChI=1S/C26H28ClN5O4S/c1-26(2,20-10-18(12-28)24(23(27)11-20)32-13-17(14-32)15-33)19-4-6-22(7-5-19)36-16-21-8-9-29-25(30-21)31-37(3,34)35/h4-11,17,33H,13-16H2,1-3H3,(H,29,30,31). The van der Waals surface area contributed by atoms with Gasteiger partial charge in [0.15, 0.2) is 0 Å². The Kier molecular flexibility index (Phi) is 7.59. The number of anilines is 2. The number of hydrogen-bond donors (Lipinski definition) is 2. The van der Waals surface area contributed by atoms with E-state index in [1.165, 1.54) is 6.20 Å². The van der Waals surface area contributed by atoms with Gasteiger partial charge in [0, 0.05) is 37.2 Å². The third-order valence-corrected chi connectivity index (χ3v) is 7.23. The van der Waals surface area contributed by atoms with Gasteiger partial charge in [0.1, 0.15) is 18.4 Å². The van der Waals surface area contributed by atoms with Crippen LogP contribution in [0.4, 0.5) is 11.6 Å². The molecule has 0 aliphatic carbocycles. The van der Waals surface area contributed by atoms with Gasteiger partial charge in [0.05, 0.1) is 28.2 Å². The van der Waals surface area contributed by atoms with E-state index < -0.39 is 15.4 Å². The SMILES string of the molecule is CC(C)(c1ccc(OCc2ccnc(NS(C)(=O)=O)n2)cc1)c1cc(Cl)c(N2CC(CO)C2)c(C#N)c1. The molecule has 2 heterocycles. The number of nitriles is 1. The Morgan fingerprint density at radius 3 is 2.54 bits per heavy atom. The number of benzene rings is 2. The van der Waals surface area contributed by atoms with Crippen molar-refractivity contribution in [3.8, 4) is 11.8 Å². The van der Waals surface area contributed by atoms with Crippen molar-refractivity contribution >= 4 is 33.3 Å². The minimum Gasteiger partial charge on any atom is -0.487 e. The molecule has 194 valence electrons. The Morgan fingerprint density at radius 1 is 1.22 bits per heavy atom. The Morgan fingerprint density at radius 2 is 1.92 bits per heavy atom. The summed E-state index contributed by atoms with van der Waals surface area (Å²) >= 11 is 6.65. The van der Waals surface area contributed by atoms with E-state index in [1.807, 2.05) is 41.3 Å². The highest BCUT2D eigenvalue weighted by molar-refractivity contribution is 7.91. The fourth-order valence-corrected chi connectivity index (χ4v) is 4.99. The monoisotopic (exact) mass is 541 g/mol. The number of aliphatic hydroxyl groups is 1. The van der Waals surface area contributed by atoms with Crippen LogP contribution in [0.25, 0.3) is 0 Å². The number of nitrogens with one attached hydrogen (secondary N) is 1.